The molecule has 0 bridgehead atoms. The maximum atomic E-state index is 14.8. The zero-order valence-electron chi connectivity index (χ0n) is 20.2. The molecule has 1 heterocycles. The van der Waals surface area contributed by atoms with Crippen molar-refractivity contribution in [2.45, 2.75) is 84.7 Å². The van der Waals surface area contributed by atoms with Crippen molar-refractivity contribution >= 4 is 31.2 Å². The van der Waals surface area contributed by atoms with Crippen LogP contribution in [-0.4, -0.2) is 49.0 Å². The van der Waals surface area contributed by atoms with E-state index in [-0.39, 0.29) is 23.5 Å². The van der Waals surface area contributed by atoms with Gasteiger partial charge < -0.3 is 4.74 Å². The lowest BCUT2D eigenvalue weighted by Crippen LogP contribution is -2.63. The number of fused-ring (bicyclic) bond motifs is 1. The summed E-state index contributed by atoms with van der Waals surface area (Å²) in [6.45, 7) is 0. The zero-order chi connectivity index (χ0) is 28.9. The summed E-state index contributed by atoms with van der Waals surface area (Å²) in [7, 11) is -10.7. The van der Waals surface area contributed by atoms with Crippen molar-refractivity contribution in [3.63, 3.8) is 0 Å². The molecular formula is C24H25F9O4S2. The van der Waals surface area contributed by atoms with Crippen LogP contribution in [0.5, 0.6) is 0 Å². The van der Waals surface area contributed by atoms with Crippen molar-refractivity contribution in [1.29, 1.82) is 0 Å². The molecule has 2 aliphatic rings. The maximum absolute atomic E-state index is 14.8. The molecule has 0 N–H and O–H groups in total. The minimum atomic E-state index is -7.38. The third kappa shape index (κ3) is 5.01. The quantitative estimate of drug-likeness (QED) is 0.283. The van der Waals surface area contributed by atoms with Gasteiger partial charge >= 0.3 is 33.4 Å². The third-order valence-electron chi connectivity index (χ3n) is 6.97. The average Bonchev–Trinajstić information content (AvgIpc) is 3.25. The maximum Gasteiger partial charge on any atom is 0.460 e. The first kappa shape index (κ1) is 30.3. The second-order valence-corrected chi connectivity index (χ2v) is 14.4. The fourth-order valence-corrected chi connectivity index (χ4v) is 11.0. The van der Waals surface area contributed by atoms with Gasteiger partial charge in [0.15, 0.2) is 0 Å². The monoisotopic (exact) mass is 612 g/mol. The van der Waals surface area contributed by atoms with Crippen LogP contribution < -0.4 is 0 Å². The van der Waals surface area contributed by atoms with Crippen LogP contribution >= 0.6 is 10.3 Å². The molecule has 2 fully saturated rings. The Morgan fingerprint density at radius 3 is 2.00 bits per heavy atom. The predicted octanol–water partition coefficient (Wildman–Crippen LogP) is 8.16. The Bertz CT molecular complexity index is 1290. The number of ether oxygens (including phenoxy) is 1. The second-order valence-electron chi connectivity index (χ2n) is 9.56. The van der Waals surface area contributed by atoms with Gasteiger partial charge in [-0.3, -0.25) is 0 Å². The summed E-state index contributed by atoms with van der Waals surface area (Å²) in [4.78, 5) is 0.0317. The van der Waals surface area contributed by atoms with Crippen LogP contribution in [0.1, 0.15) is 44.9 Å². The van der Waals surface area contributed by atoms with Gasteiger partial charge in [0.2, 0.25) is 0 Å². The Hall–Kier alpha value is -1.71. The van der Waals surface area contributed by atoms with Crippen LogP contribution in [0.15, 0.2) is 47.4 Å². The molecule has 15 heteroatoms. The molecule has 4 nitrogen and oxygen atoms in total. The van der Waals surface area contributed by atoms with Crippen LogP contribution in [0.25, 0.3) is 10.8 Å². The number of hydrogen-bond donors (Lipinski definition) is 0. The number of hydrogen-bond acceptors (Lipinski definition) is 4. The van der Waals surface area contributed by atoms with Gasteiger partial charge in [0.1, 0.15) is 5.44 Å². The van der Waals surface area contributed by atoms with E-state index in [2.05, 4.69) is 0 Å². The fraction of sp³-hybridized carbons (Fsp3) is 0.583. The summed E-state index contributed by atoms with van der Waals surface area (Å²) in [5.74, 6) is -15.0. The summed E-state index contributed by atoms with van der Waals surface area (Å²) < 4.78 is 160. The first-order valence-corrected chi connectivity index (χ1v) is 15.3. The van der Waals surface area contributed by atoms with Gasteiger partial charge in [-0.25, -0.2) is 3.63 Å². The fourth-order valence-electron chi connectivity index (χ4n) is 4.94. The van der Waals surface area contributed by atoms with Crippen LogP contribution in [0.3, 0.4) is 0 Å². The molecule has 1 aliphatic carbocycles. The van der Waals surface area contributed by atoms with E-state index in [4.69, 9.17) is 8.37 Å². The molecule has 2 aromatic rings. The van der Waals surface area contributed by atoms with Gasteiger partial charge in [-0.2, -0.15) is 47.9 Å². The minimum Gasteiger partial charge on any atom is -0.363 e. The summed E-state index contributed by atoms with van der Waals surface area (Å²) in [5.41, 5.74) is -1.21. The normalized spacial score (nSPS) is 26.0. The minimum absolute atomic E-state index is 0.0317. The molecule has 0 spiro atoms. The Labute approximate surface area is 220 Å². The molecule has 39 heavy (non-hydrogen) atoms. The molecular weight excluding hydrogens is 587 g/mol. The van der Waals surface area contributed by atoms with Gasteiger partial charge in [0.25, 0.3) is 0 Å². The molecule has 4 rings (SSSR count). The van der Waals surface area contributed by atoms with E-state index in [1.165, 1.54) is 18.2 Å². The lowest BCUT2D eigenvalue weighted by atomic mass is 9.98. The molecule has 1 saturated carbocycles. The van der Waals surface area contributed by atoms with Gasteiger partial charge in [-0.05, 0) is 42.5 Å². The summed E-state index contributed by atoms with van der Waals surface area (Å²) >= 11 is 0. The largest absolute Gasteiger partial charge is 0.460 e. The highest BCUT2D eigenvalue weighted by molar-refractivity contribution is 8.33. The standard InChI is InChI=1S/C24H25F9O4S2/c25-21(26,23(29,30)31)22(27,28)24(32,33)39(34,35)37-38(19-13-6-9-16-8-4-5-12-18(16)19)15-7-14-20(38)36-17-10-2-1-3-11-17/h4-6,8-9,12-13,17,20H,1-3,7,10-11,14-15H2. The van der Waals surface area contributed by atoms with E-state index in [9.17, 15) is 47.9 Å². The van der Waals surface area contributed by atoms with Crippen LogP contribution in [0, 0.1) is 0 Å². The number of rotatable bonds is 8. The van der Waals surface area contributed by atoms with Crippen molar-refractivity contribution in [3.05, 3.63) is 42.5 Å². The molecule has 0 radical (unpaired) electrons. The predicted molar refractivity (Wildman–Crippen MR) is 127 cm³/mol. The first-order valence-electron chi connectivity index (χ1n) is 12.1. The molecule has 1 aliphatic heterocycles. The van der Waals surface area contributed by atoms with Crippen molar-refractivity contribution in [2.24, 2.45) is 0 Å². The van der Waals surface area contributed by atoms with E-state index in [0.29, 0.717) is 23.6 Å². The van der Waals surface area contributed by atoms with Crippen LogP contribution in [-0.2, 0) is 18.5 Å². The molecule has 0 amide bonds. The Morgan fingerprint density at radius 1 is 0.744 bits per heavy atom. The van der Waals surface area contributed by atoms with Gasteiger partial charge in [-0.15, -0.1) is 0 Å². The molecule has 220 valence electrons. The Morgan fingerprint density at radius 2 is 1.36 bits per heavy atom. The highest BCUT2D eigenvalue weighted by Gasteiger charge is 2.86. The molecule has 1 saturated heterocycles. The SMILES string of the molecule is O=S(=O)(OS1(c2cccc3ccccc23)CCCC1OC1CCCCC1)C(F)(F)C(F)(F)C(F)(F)C(F)(F)F. The molecule has 0 aromatic heterocycles. The molecule has 2 aromatic carbocycles. The summed E-state index contributed by atoms with van der Waals surface area (Å²) in [6.07, 6.45) is -3.82. The van der Waals surface area contributed by atoms with E-state index >= 15 is 0 Å². The van der Waals surface area contributed by atoms with Crippen molar-refractivity contribution in [1.82, 2.24) is 0 Å². The lowest BCUT2D eigenvalue weighted by Gasteiger charge is -2.43. The number of halogens is 9. The highest BCUT2D eigenvalue weighted by Crippen LogP contribution is 2.70. The lowest BCUT2D eigenvalue weighted by molar-refractivity contribution is -0.382. The van der Waals surface area contributed by atoms with Crippen molar-refractivity contribution < 1.29 is 56.3 Å². The van der Waals surface area contributed by atoms with E-state index < -0.39 is 55.2 Å². The van der Waals surface area contributed by atoms with E-state index in [1.54, 1.807) is 24.3 Å². The van der Waals surface area contributed by atoms with Crippen molar-refractivity contribution in [3.8, 4) is 0 Å². The average molecular weight is 613 g/mol. The van der Waals surface area contributed by atoms with E-state index in [0.717, 1.165) is 19.3 Å². The van der Waals surface area contributed by atoms with Gasteiger partial charge in [0.05, 0.1) is 6.10 Å². The number of benzene rings is 2. The van der Waals surface area contributed by atoms with Crippen molar-refractivity contribution in [2.75, 3.05) is 5.75 Å². The summed E-state index contributed by atoms with van der Waals surface area (Å²) in [5, 5.41) is -6.12. The molecule has 2 unspecified atom stereocenters. The van der Waals surface area contributed by atoms with Crippen LogP contribution in [0.4, 0.5) is 39.5 Å². The second kappa shape index (κ2) is 10.3. The van der Waals surface area contributed by atoms with Gasteiger partial charge in [0, 0.05) is 10.6 Å². The topological polar surface area (TPSA) is 52.6 Å². The first-order chi connectivity index (χ1) is 18.0. The van der Waals surface area contributed by atoms with E-state index in [1.807, 2.05) is 0 Å². The third-order valence-corrected chi connectivity index (χ3v) is 12.7. The Kier molecular flexibility index (Phi) is 7.98. The van der Waals surface area contributed by atoms with Gasteiger partial charge in [-0.1, -0.05) is 66.0 Å². The smallest absolute Gasteiger partial charge is 0.363 e. The Balaban J connectivity index is 1.85. The number of alkyl halides is 9. The summed E-state index contributed by atoms with van der Waals surface area (Å²) in [6, 6.07) is 10.7. The zero-order valence-corrected chi connectivity index (χ0v) is 21.8. The molecule has 2 atom stereocenters. The van der Waals surface area contributed by atoms with Crippen LogP contribution in [0.2, 0.25) is 0 Å². The highest BCUT2D eigenvalue weighted by atomic mass is 32.3.